The van der Waals surface area contributed by atoms with Crippen molar-refractivity contribution in [3.8, 4) is 0 Å². The largest absolute Gasteiger partial charge is 0.322 e. The second kappa shape index (κ2) is 7.44. The molecule has 1 N–H and O–H groups in total. The molecule has 0 aliphatic heterocycles. The molecule has 2 aromatic carbocycles. The predicted octanol–water partition coefficient (Wildman–Crippen LogP) is 5.06. The number of carbonyl (C=O) groups excluding carboxylic acids is 1. The first-order chi connectivity index (χ1) is 11.2. The van der Waals surface area contributed by atoms with Gasteiger partial charge >= 0.3 is 0 Å². The highest BCUT2D eigenvalue weighted by atomic mass is 32.2. The lowest BCUT2D eigenvalue weighted by Gasteiger charge is -2.01. The second-order valence-electron chi connectivity index (χ2n) is 4.83. The van der Waals surface area contributed by atoms with Gasteiger partial charge in [0, 0.05) is 11.8 Å². The molecule has 1 aromatic heterocycles. The van der Waals surface area contributed by atoms with E-state index in [1.807, 2.05) is 48.5 Å². The average molecular weight is 340 g/mol. The molecule has 3 nitrogen and oxygen atoms in total. The number of aromatic nitrogens is 1. The number of anilines is 1. The number of hydrogen-bond donors (Lipinski definition) is 1. The Morgan fingerprint density at radius 1 is 1.26 bits per heavy atom. The monoisotopic (exact) mass is 340 g/mol. The van der Waals surface area contributed by atoms with Gasteiger partial charge in [0.25, 0.3) is 0 Å². The summed E-state index contributed by atoms with van der Waals surface area (Å²) in [6.07, 6.45) is 3.35. The van der Waals surface area contributed by atoms with Gasteiger partial charge in [-0.15, -0.1) is 11.3 Å². The first-order valence-electron chi connectivity index (χ1n) is 7.32. The molecule has 0 aliphatic carbocycles. The molecule has 1 heterocycles. The van der Waals surface area contributed by atoms with E-state index in [0.29, 0.717) is 0 Å². The van der Waals surface area contributed by atoms with Gasteiger partial charge in [0.15, 0.2) is 4.34 Å². The molecule has 0 atom stereocenters. The SMILES string of the molecule is CCSc1nc2ccc(NC(=O)/C=C/c3ccccc3)cc2s1. The van der Waals surface area contributed by atoms with Crippen molar-refractivity contribution in [2.45, 2.75) is 11.3 Å². The Morgan fingerprint density at radius 2 is 2.09 bits per heavy atom. The van der Waals surface area contributed by atoms with Gasteiger partial charge in [0.1, 0.15) is 0 Å². The molecule has 0 saturated carbocycles. The van der Waals surface area contributed by atoms with Gasteiger partial charge in [0.05, 0.1) is 10.2 Å². The smallest absolute Gasteiger partial charge is 0.248 e. The van der Waals surface area contributed by atoms with Crippen LogP contribution >= 0.6 is 23.1 Å². The summed E-state index contributed by atoms with van der Waals surface area (Å²) in [4.78, 5) is 16.6. The van der Waals surface area contributed by atoms with E-state index in [9.17, 15) is 4.79 Å². The van der Waals surface area contributed by atoms with E-state index in [1.165, 1.54) is 0 Å². The minimum atomic E-state index is -0.138. The molecule has 1 amide bonds. The van der Waals surface area contributed by atoms with Crippen LogP contribution in [0.4, 0.5) is 5.69 Å². The highest BCUT2D eigenvalue weighted by Gasteiger charge is 2.05. The third-order valence-corrected chi connectivity index (χ3v) is 5.17. The number of nitrogens with zero attached hydrogens (tertiary/aromatic N) is 1. The summed E-state index contributed by atoms with van der Waals surface area (Å²) in [6.45, 7) is 2.11. The van der Waals surface area contributed by atoms with Crippen molar-refractivity contribution < 1.29 is 4.79 Å². The number of nitrogens with one attached hydrogen (secondary N) is 1. The van der Waals surface area contributed by atoms with Gasteiger partial charge in [-0.25, -0.2) is 4.98 Å². The van der Waals surface area contributed by atoms with Crippen LogP contribution in [-0.4, -0.2) is 16.6 Å². The summed E-state index contributed by atoms with van der Waals surface area (Å²) in [5.41, 5.74) is 2.77. The van der Waals surface area contributed by atoms with Crippen LogP contribution in [0.5, 0.6) is 0 Å². The minimum Gasteiger partial charge on any atom is -0.322 e. The second-order valence-corrected chi connectivity index (χ2v) is 7.37. The topological polar surface area (TPSA) is 42.0 Å². The van der Waals surface area contributed by atoms with Gasteiger partial charge < -0.3 is 5.32 Å². The Hall–Kier alpha value is -2.11. The molecular formula is C18H16N2OS2. The summed E-state index contributed by atoms with van der Waals surface area (Å²) in [5.74, 6) is 0.870. The van der Waals surface area contributed by atoms with Crippen LogP contribution in [0, 0.1) is 0 Å². The summed E-state index contributed by atoms with van der Waals surface area (Å²) in [5, 5.41) is 2.89. The third-order valence-electron chi connectivity index (χ3n) is 3.13. The third kappa shape index (κ3) is 4.21. The molecule has 0 spiro atoms. The highest BCUT2D eigenvalue weighted by Crippen LogP contribution is 2.31. The normalized spacial score (nSPS) is 11.2. The Bertz CT molecular complexity index is 841. The molecule has 116 valence electrons. The van der Waals surface area contributed by atoms with Crippen molar-refractivity contribution in [2.75, 3.05) is 11.1 Å². The van der Waals surface area contributed by atoms with E-state index < -0.39 is 0 Å². The minimum absolute atomic E-state index is 0.138. The average Bonchev–Trinajstić information content (AvgIpc) is 2.96. The Labute approximate surface area is 143 Å². The maximum atomic E-state index is 12.0. The molecular weight excluding hydrogens is 324 g/mol. The zero-order valence-electron chi connectivity index (χ0n) is 12.7. The zero-order valence-corrected chi connectivity index (χ0v) is 14.3. The molecule has 0 aliphatic rings. The summed E-state index contributed by atoms with van der Waals surface area (Å²) >= 11 is 3.39. The molecule has 0 unspecified atom stereocenters. The van der Waals surface area contributed by atoms with E-state index in [0.717, 1.165) is 31.6 Å². The number of benzene rings is 2. The lowest BCUT2D eigenvalue weighted by molar-refractivity contribution is -0.111. The van der Waals surface area contributed by atoms with Crippen LogP contribution < -0.4 is 5.32 Å². The summed E-state index contributed by atoms with van der Waals surface area (Å²) < 4.78 is 2.15. The Morgan fingerprint density at radius 3 is 2.87 bits per heavy atom. The maximum Gasteiger partial charge on any atom is 0.248 e. The van der Waals surface area contributed by atoms with E-state index in [4.69, 9.17) is 0 Å². The van der Waals surface area contributed by atoms with Crippen LogP contribution in [0.1, 0.15) is 12.5 Å². The van der Waals surface area contributed by atoms with Gasteiger partial charge in [0.2, 0.25) is 5.91 Å². The highest BCUT2D eigenvalue weighted by molar-refractivity contribution is 8.01. The molecule has 0 fully saturated rings. The van der Waals surface area contributed by atoms with Gasteiger partial charge in [-0.1, -0.05) is 49.0 Å². The van der Waals surface area contributed by atoms with E-state index in [1.54, 1.807) is 35.3 Å². The van der Waals surface area contributed by atoms with Crippen LogP contribution in [0.15, 0.2) is 58.9 Å². The lowest BCUT2D eigenvalue weighted by Crippen LogP contribution is -2.07. The summed E-state index contributed by atoms with van der Waals surface area (Å²) in [7, 11) is 0. The van der Waals surface area contributed by atoms with Crippen LogP contribution in [0.3, 0.4) is 0 Å². The molecule has 0 bridgehead atoms. The number of thioether (sulfide) groups is 1. The maximum absolute atomic E-state index is 12.0. The van der Waals surface area contributed by atoms with E-state index in [2.05, 4.69) is 17.2 Å². The first kappa shape index (κ1) is 15.8. The molecule has 5 heteroatoms. The quantitative estimate of drug-likeness (QED) is 0.521. The van der Waals surface area contributed by atoms with Crippen molar-refractivity contribution in [1.82, 2.24) is 4.98 Å². The number of carbonyl (C=O) groups is 1. The molecule has 0 saturated heterocycles. The van der Waals surface area contributed by atoms with Crippen LogP contribution in [0.2, 0.25) is 0 Å². The number of amides is 1. The van der Waals surface area contributed by atoms with Gasteiger partial charge in [-0.2, -0.15) is 0 Å². The van der Waals surface area contributed by atoms with E-state index >= 15 is 0 Å². The molecule has 0 radical (unpaired) electrons. The van der Waals surface area contributed by atoms with Crippen LogP contribution in [-0.2, 0) is 4.79 Å². The van der Waals surface area contributed by atoms with Crippen molar-refractivity contribution in [2.24, 2.45) is 0 Å². The van der Waals surface area contributed by atoms with Gasteiger partial charge in [-0.05, 0) is 35.6 Å². The molecule has 23 heavy (non-hydrogen) atoms. The first-order valence-corrected chi connectivity index (χ1v) is 9.12. The van der Waals surface area contributed by atoms with Gasteiger partial charge in [-0.3, -0.25) is 4.79 Å². The number of thiazole rings is 1. The van der Waals surface area contributed by atoms with Crippen molar-refractivity contribution in [3.05, 3.63) is 60.2 Å². The lowest BCUT2D eigenvalue weighted by atomic mass is 10.2. The zero-order chi connectivity index (χ0) is 16.1. The number of fused-ring (bicyclic) bond motifs is 1. The number of rotatable bonds is 5. The Kier molecular flexibility index (Phi) is 5.10. The van der Waals surface area contributed by atoms with Crippen LogP contribution in [0.25, 0.3) is 16.3 Å². The van der Waals surface area contributed by atoms with Crippen molar-refractivity contribution in [1.29, 1.82) is 0 Å². The number of hydrogen-bond acceptors (Lipinski definition) is 4. The molecule has 3 aromatic rings. The Balaban J connectivity index is 1.70. The van der Waals surface area contributed by atoms with Crippen molar-refractivity contribution >= 4 is 51.0 Å². The fraction of sp³-hybridized carbons (Fsp3) is 0.111. The molecule has 3 rings (SSSR count). The van der Waals surface area contributed by atoms with E-state index in [-0.39, 0.29) is 5.91 Å². The predicted molar refractivity (Wildman–Crippen MR) is 100 cm³/mol. The summed E-state index contributed by atoms with van der Waals surface area (Å²) in [6, 6.07) is 15.6. The van der Waals surface area contributed by atoms with Crippen molar-refractivity contribution in [3.63, 3.8) is 0 Å². The fourth-order valence-electron chi connectivity index (χ4n) is 2.09. The standard InChI is InChI=1S/C18H16N2OS2/c1-2-22-18-20-15-10-9-14(12-16(15)23-18)19-17(21)11-8-13-6-4-3-5-7-13/h3-12H,2H2,1H3,(H,19,21)/b11-8+. The fourth-order valence-corrected chi connectivity index (χ4v) is 4.09.